The van der Waals surface area contributed by atoms with Crippen molar-refractivity contribution in [2.24, 2.45) is 0 Å². The second kappa shape index (κ2) is 11.7. The first-order valence-corrected chi connectivity index (χ1v) is 13.8. The van der Waals surface area contributed by atoms with Gasteiger partial charge < -0.3 is 25.0 Å². The molecule has 2 aromatic rings. The lowest BCUT2D eigenvalue weighted by Crippen LogP contribution is -2.38. The first-order valence-electron chi connectivity index (χ1n) is 12.0. The summed E-state index contributed by atoms with van der Waals surface area (Å²) in [6, 6.07) is 10.6. The van der Waals surface area contributed by atoms with Crippen LogP contribution in [0.2, 0.25) is 0 Å². The lowest BCUT2D eigenvalue weighted by Gasteiger charge is -2.26. The Hall–Kier alpha value is -3.24. The number of hydrogen-bond acceptors (Lipinski definition) is 7. The van der Waals surface area contributed by atoms with Crippen molar-refractivity contribution in [3.05, 3.63) is 48.0 Å². The Bertz CT molecular complexity index is 1210. The van der Waals surface area contributed by atoms with Crippen molar-refractivity contribution in [1.82, 2.24) is 4.90 Å². The van der Waals surface area contributed by atoms with Crippen LogP contribution in [-0.4, -0.2) is 71.9 Å². The molecule has 0 aliphatic carbocycles. The molecule has 0 saturated carbocycles. The third kappa shape index (κ3) is 6.30. The van der Waals surface area contributed by atoms with Crippen LogP contribution in [0.4, 0.5) is 17.1 Å². The lowest BCUT2D eigenvalue weighted by molar-refractivity contribution is -0.110. The van der Waals surface area contributed by atoms with Gasteiger partial charge in [0.05, 0.1) is 31.9 Å². The fourth-order valence-electron chi connectivity index (χ4n) is 4.22. The predicted molar refractivity (Wildman–Crippen MR) is 146 cm³/mol. The first kappa shape index (κ1) is 27.3. The lowest BCUT2D eigenvalue weighted by atomic mass is 10.0. The van der Waals surface area contributed by atoms with E-state index in [4.69, 9.17) is 9.47 Å². The fourth-order valence-corrected chi connectivity index (χ4v) is 5.14. The number of likely N-dealkylation sites (N-methyl/N-ethyl adjacent to an activating group) is 1. The zero-order chi connectivity index (χ0) is 26.5. The average molecular weight is 517 g/mol. The second-order valence-electron chi connectivity index (χ2n) is 8.63. The molecule has 36 heavy (non-hydrogen) atoms. The van der Waals surface area contributed by atoms with Crippen LogP contribution in [0.25, 0.3) is 5.57 Å². The van der Waals surface area contributed by atoms with E-state index in [1.807, 2.05) is 25.1 Å². The van der Waals surface area contributed by atoms with Crippen molar-refractivity contribution in [3.63, 3.8) is 0 Å². The van der Waals surface area contributed by atoms with Crippen molar-refractivity contribution in [2.75, 3.05) is 61.6 Å². The fraction of sp³-hybridized carbons (Fsp3) is 0.423. The Balaban J connectivity index is 1.76. The Morgan fingerprint density at radius 2 is 1.64 bits per heavy atom. The van der Waals surface area contributed by atoms with Crippen molar-refractivity contribution >= 4 is 38.6 Å². The smallest absolute Gasteiger partial charge is 0.256 e. The molecule has 0 spiro atoms. The quantitative estimate of drug-likeness (QED) is 0.416. The Morgan fingerprint density at radius 3 is 2.19 bits per heavy atom. The Morgan fingerprint density at radius 1 is 1.03 bits per heavy atom. The topological polar surface area (TPSA) is 100 Å². The Labute approximate surface area is 214 Å². The van der Waals surface area contributed by atoms with Gasteiger partial charge in [-0.2, -0.15) is 0 Å². The number of fused-ring (bicyclic) bond motifs is 1. The molecule has 196 valence electrons. The van der Waals surface area contributed by atoms with E-state index in [-0.39, 0.29) is 11.9 Å². The van der Waals surface area contributed by atoms with E-state index in [1.54, 1.807) is 38.5 Å². The van der Waals surface area contributed by atoms with Crippen molar-refractivity contribution in [2.45, 2.75) is 26.8 Å². The zero-order valence-electron chi connectivity index (χ0n) is 21.8. The molecule has 1 aliphatic heterocycles. The molecule has 1 atom stereocenters. The SMILES string of the molecule is CCN(CC)CCN(c1ccc(NC(C)C=C2C(=O)Nc3cc(OC)c(OC)cc32)cc1)S(C)(=O)=O. The molecule has 0 bridgehead atoms. The monoisotopic (exact) mass is 516 g/mol. The summed E-state index contributed by atoms with van der Waals surface area (Å²) in [7, 11) is -0.307. The third-order valence-corrected chi connectivity index (χ3v) is 7.38. The molecule has 2 N–H and O–H groups in total. The maximum atomic E-state index is 12.6. The first-order chi connectivity index (χ1) is 17.1. The van der Waals surface area contributed by atoms with Gasteiger partial charge in [-0.3, -0.25) is 9.10 Å². The molecule has 0 radical (unpaired) electrons. The van der Waals surface area contributed by atoms with Crippen LogP contribution >= 0.6 is 0 Å². The summed E-state index contributed by atoms with van der Waals surface area (Å²) in [5.74, 6) is 0.900. The average Bonchev–Trinajstić information content (AvgIpc) is 3.14. The van der Waals surface area contributed by atoms with Gasteiger partial charge >= 0.3 is 0 Å². The van der Waals surface area contributed by atoms with Crippen molar-refractivity contribution < 1.29 is 22.7 Å². The van der Waals surface area contributed by atoms with E-state index in [0.29, 0.717) is 41.5 Å². The van der Waals surface area contributed by atoms with Crippen LogP contribution in [-0.2, 0) is 14.8 Å². The highest BCUT2D eigenvalue weighted by Gasteiger charge is 2.27. The summed E-state index contributed by atoms with van der Waals surface area (Å²) < 4.78 is 37.0. The zero-order valence-corrected chi connectivity index (χ0v) is 22.6. The Kier molecular flexibility index (Phi) is 8.86. The number of carbonyl (C=O) groups excluding carboxylic acids is 1. The molecular weight excluding hydrogens is 480 g/mol. The van der Waals surface area contributed by atoms with E-state index in [0.717, 1.165) is 24.3 Å². The standard InChI is InChI=1S/C26H36N4O5S/c1-7-29(8-2)13-14-30(36(6,32)33)20-11-9-19(10-12-20)27-18(3)15-22-21-16-24(34-4)25(35-5)17-23(21)28-26(22)31/h9-12,15-18,27H,7-8,13-14H2,1-6H3,(H,28,31). The van der Waals surface area contributed by atoms with Gasteiger partial charge in [-0.25, -0.2) is 8.42 Å². The van der Waals surface area contributed by atoms with E-state index in [1.165, 1.54) is 10.6 Å². The molecule has 1 unspecified atom stereocenters. The van der Waals surface area contributed by atoms with Crippen LogP contribution < -0.4 is 24.4 Å². The number of methoxy groups -OCH3 is 2. The number of nitrogens with one attached hydrogen (secondary N) is 2. The van der Waals surface area contributed by atoms with Crippen LogP contribution in [0, 0.1) is 0 Å². The molecule has 1 amide bonds. The maximum Gasteiger partial charge on any atom is 0.256 e. The summed E-state index contributed by atoms with van der Waals surface area (Å²) in [6.07, 6.45) is 3.08. The summed E-state index contributed by atoms with van der Waals surface area (Å²) in [4.78, 5) is 14.8. The van der Waals surface area contributed by atoms with Crippen LogP contribution in [0.3, 0.4) is 0 Å². The molecule has 3 rings (SSSR count). The normalized spacial score (nSPS) is 15.0. The second-order valence-corrected chi connectivity index (χ2v) is 10.5. The van der Waals surface area contributed by atoms with Gasteiger partial charge in [0.1, 0.15) is 0 Å². The highest BCUT2D eigenvalue weighted by molar-refractivity contribution is 7.92. The largest absolute Gasteiger partial charge is 0.493 e. The van der Waals surface area contributed by atoms with Crippen LogP contribution in [0.5, 0.6) is 11.5 Å². The van der Waals surface area contributed by atoms with E-state index < -0.39 is 10.0 Å². The molecule has 0 fully saturated rings. The van der Waals surface area contributed by atoms with E-state index >= 15 is 0 Å². The van der Waals surface area contributed by atoms with Gasteiger partial charge in [0.25, 0.3) is 5.91 Å². The summed E-state index contributed by atoms with van der Waals surface area (Å²) in [5, 5.41) is 6.22. The van der Waals surface area contributed by atoms with Gasteiger partial charge in [0.2, 0.25) is 10.0 Å². The van der Waals surface area contributed by atoms with E-state index in [9.17, 15) is 13.2 Å². The van der Waals surface area contributed by atoms with Crippen molar-refractivity contribution in [1.29, 1.82) is 0 Å². The van der Waals surface area contributed by atoms with Crippen LogP contribution in [0.1, 0.15) is 26.3 Å². The third-order valence-electron chi connectivity index (χ3n) is 6.19. The molecule has 0 saturated heterocycles. The number of rotatable bonds is 12. The minimum atomic E-state index is -3.41. The molecule has 1 aliphatic rings. The number of amides is 1. The van der Waals surface area contributed by atoms with Crippen molar-refractivity contribution in [3.8, 4) is 11.5 Å². The number of hydrogen-bond donors (Lipinski definition) is 2. The number of ether oxygens (including phenoxy) is 2. The van der Waals surface area contributed by atoms with E-state index in [2.05, 4.69) is 29.4 Å². The summed E-state index contributed by atoms with van der Waals surface area (Å²) in [6.45, 7) is 8.85. The number of anilines is 3. The number of nitrogens with zero attached hydrogens (tertiary/aromatic N) is 2. The van der Waals surface area contributed by atoms with Gasteiger partial charge in [0, 0.05) is 42.0 Å². The minimum absolute atomic E-state index is 0.177. The molecule has 2 aromatic carbocycles. The molecule has 1 heterocycles. The number of carbonyl (C=O) groups is 1. The number of benzene rings is 2. The highest BCUT2D eigenvalue weighted by atomic mass is 32.2. The van der Waals surface area contributed by atoms with Gasteiger partial charge in [-0.1, -0.05) is 13.8 Å². The predicted octanol–water partition coefficient (Wildman–Crippen LogP) is 3.65. The summed E-state index contributed by atoms with van der Waals surface area (Å²) >= 11 is 0. The maximum absolute atomic E-state index is 12.6. The summed E-state index contributed by atoms with van der Waals surface area (Å²) in [5.41, 5.74) is 3.39. The molecule has 9 nitrogen and oxygen atoms in total. The highest BCUT2D eigenvalue weighted by Crippen LogP contribution is 2.40. The molecule has 0 aromatic heterocycles. The van der Waals surface area contributed by atoms with Gasteiger partial charge in [0.15, 0.2) is 11.5 Å². The minimum Gasteiger partial charge on any atom is -0.493 e. The number of sulfonamides is 1. The van der Waals surface area contributed by atoms with Gasteiger partial charge in [-0.15, -0.1) is 0 Å². The molecular formula is C26H36N4O5S. The van der Waals surface area contributed by atoms with Crippen LogP contribution in [0.15, 0.2) is 42.5 Å². The van der Waals surface area contributed by atoms with Gasteiger partial charge in [-0.05, 0) is 56.4 Å². The molecule has 10 heteroatoms.